The summed E-state index contributed by atoms with van der Waals surface area (Å²) >= 11 is 0. The number of sulfonamides is 1. The lowest BCUT2D eigenvalue weighted by atomic mass is 10.3. The monoisotopic (exact) mass is 314 g/mol. The number of nitro benzene ring substituents is 1. The minimum Gasteiger partial charge on any atom is -0.318 e. The highest BCUT2D eigenvalue weighted by Gasteiger charge is 2.31. The molecule has 3 N–H and O–H groups in total. The standard InChI is InChI=1S/C12H18N4O4S/c1-2-15(8-9-3-4-9)21(19,20)10-5-6-11(14-13)12(7-10)16(17)18/h5-7,9,14H,2-4,8,13H2,1H3. The van der Waals surface area contributed by atoms with Gasteiger partial charge in [0, 0.05) is 19.2 Å². The maximum absolute atomic E-state index is 12.6. The number of hydrogen-bond acceptors (Lipinski definition) is 6. The van der Waals surface area contributed by atoms with Crippen molar-refractivity contribution in [3.63, 3.8) is 0 Å². The van der Waals surface area contributed by atoms with Gasteiger partial charge in [-0.1, -0.05) is 6.92 Å². The van der Waals surface area contributed by atoms with Crippen molar-refractivity contribution in [3.8, 4) is 0 Å². The summed E-state index contributed by atoms with van der Waals surface area (Å²) in [7, 11) is -3.73. The van der Waals surface area contributed by atoms with E-state index in [-0.39, 0.29) is 16.3 Å². The summed E-state index contributed by atoms with van der Waals surface area (Å²) in [6.07, 6.45) is 2.06. The van der Waals surface area contributed by atoms with E-state index in [0.717, 1.165) is 18.9 Å². The predicted molar refractivity (Wildman–Crippen MR) is 78.1 cm³/mol. The van der Waals surface area contributed by atoms with Crippen LogP contribution in [0.3, 0.4) is 0 Å². The average Bonchev–Trinajstić information content (AvgIpc) is 3.27. The SMILES string of the molecule is CCN(CC1CC1)S(=O)(=O)c1ccc(NN)c([N+](=O)[O-])c1. The van der Waals surface area contributed by atoms with Crippen LogP contribution in [0, 0.1) is 16.0 Å². The Morgan fingerprint density at radius 2 is 2.14 bits per heavy atom. The average molecular weight is 314 g/mol. The normalized spacial score (nSPS) is 15.2. The van der Waals surface area contributed by atoms with Crippen LogP contribution in [0.2, 0.25) is 0 Å². The molecule has 1 aromatic rings. The first kappa shape index (κ1) is 15.7. The number of rotatable bonds is 7. The van der Waals surface area contributed by atoms with E-state index in [1.165, 1.54) is 16.4 Å². The number of nitro groups is 1. The van der Waals surface area contributed by atoms with Gasteiger partial charge in [0.25, 0.3) is 5.69 Å². The summed E-state index contributed by atoms with van der Waals surface area (Å²) in [6, 6.07) is 3.67. The fraction of sp³-hybridized carbons (Fsp3) is 0.500. The molecule has 0 bridgehead atoms. The third-order valence-electron chi connectivity index (χ3n) is 3.47. The highest BCUT2D eigenvalue weighted by Crippen LogP contribution is 2.33. The van der Waals surface area contributed by atoms with E-state index in [1.54, 1.807) is 6.92 Å². The molecule has 9 heteroatoms. The van der Waals surface area contributed by atoms with E-state index < -0.39 is 14.9 Å². The Kier molecular flexibility index (Phi) is 4.45. The molecular weight excluding hydrogens is 296 g/mol. The minimum atomic E-state index is -3.73. The molecule has 0 aromatic heterocycles. The zero-order valence-electron chi connectivity index (χ0n) is 11.7. The number of benzene rings is 1. The van der Waals surface area contributed by atoms with Crippen molar-refractivity contribution in [2.75, 3.05) is 18.5 Å². The molecule has 8 nitrogen and oxygen atoms in total. The summed E-state index contributed by atoms with van der Waals surface area (Å²) in [5.41, 5.74) is 1.90. The van der Waals surface area contributed by atoms with Crippen molar-refractivity contribution in [2.45, 2.75) is 24.7 Å². The first-order valence-corrected chi connectivity index (χ1v) is 8.09. The number of anilines is 1. The van der Waals surface area contributed by atoms with E-state index >= 15 is 0 Å². The Bertz CT molecular complexity index is 643. The second-order valence-electron chi connectivity index (χ2n) is 4.98. The zero-order valence-corrected chi connectivity index (χ0v) is 12.5. The van der Waals surface area contributed by atoms with Gasteiger partial charge in [0.1, 0.15) is 5.69 Å². The maximum atomic E-state index is 12.6. The van der Waals surface area contributed by atoms with Crippen LogP contribution in [0.1, 0.15) is 19.8 Å². The molecule has 0 amide bonds. The molecule has 21 heavy (non-hydrogen) atoms. The summed E-state index contributed by atoms with van der Waals surface area (Å²) in [6.45, 7) is 2.55. The van der Waals surface area contributed by atoms with Crippen LogP contribution >= 0.6 is 0 Å². The number of nitrogen functional groups attached to an aromatic ring is 1. The van der Waals surface area contributed by atoms with E-state index in [1.807, 2.05) is 0 Å². The Balaban J connectivity index is 2.38. The summed E-state index contributed by atoms with van der Waals surface area (Å²) in [5, 5.41) is 11.0. The van der Waals surface area contributed by atoms with Gasteiger partial charge in [-0.25, -0.2) is 8.42 Å². The van der Waals surface area contributed by atoms with Crippen molar-refractivity contribution in [2.24, 2.45) is 11.8 Å². The highest BCUT2D eigenvalue weighted by atomic mass is 32.2. The number of hydrazine groups is 1. The lowest BCUT2D eigenvalue weighted by Crippen LogP contribution is -2.32. The van der Waals surface area contributed by atoms with Crippen LogP contribution in [0.4, 0.5) is 11.4 Å². The van der Waals surface area contributed by atoms with E-state index in [0.29, 0.717) is 19.0 Å². The third-order valence-corrected chi connectivity index (χ3v) is 5.41. The Hall–Kier alpha value is -1.71. The summed E-state index contributed by atoms with van der Waals surface area (Å²) in [5.74, 6) is 5.60. The molecule has 0 heterocycles. The zero-order chi connectivity index (χ0) is 15.6. The predicted octanol–water partition coefficient (Wildman–Crippen LogP) is 1.30. The topological polar surface area (TPSA) is 119 Å². The number of nitrogens with one attached hydrogen (secondary N) is 1. The number of hydrogen-bond donors (Lipinski definition) is 2. The smallest absolute Gasteiger partial charge is 0.294 e. The van der Waals surface area contributed by atoms with Crippen molar-refractivity contribution >= 4 is 21.4 Å². The van der Waals surface area contributed by atoms with Crippen molar-refractivity contribution in [3.05, 3.63) is 28.3 Å². The van der Waals surface area contributed by atoms with Gasteiger partial charge in [-0.05, 0) is 30.9 Å². The van der Waals surface area contributed by atoms with Gasteiger partial charge in [0.15, 0.2) is 0 Å². The van der Waals surface area contributed by atoms with Gasteiger partial charge in [-0.3, -0.25) is 16.0 Å². The summed E-state index contributed by atoms with van der Waals surface area (Å²) in [4.78, 5) is 10.2. The number of nitrogens with two attached hydrogens (primary N) is 1. The molecule has 116 valence electrons. The fourth-order valence-corrected chi connectivity index (χ4v) is 3.63. The van der Waals surface area contributed by atoms with Gasteiger partial charge in [-0.15, -0.1) is 0 Å². The second kappa shape index (κ2) is 5.96. The van der Waals surface area contributed by atoms with Gasteiger partial charge in [0.2, 0.25) is 10.0 Å². The number of nitrogens with zero attached hydrogens (tertiary/aromatic N) is 2. The van der Waals surface area contributed by atoms with Crippen LogP contribution in [-0.2, 0) is 10.0 Å². The maximum Gasteiger partial charge on any atom is 0.294 e. The van der Waals surface area contributed by atoms with Crippen LogP contribution in [0.5, 0.6) is 0 Å². The molecule has 1 aliphatic rings. The third kappa shape index (κ3) is 3.31. The van der Waals surface area contributed by atoms with E-state index in [9.17, 15) is 18.5 Å². The molecule has 0 aliphatic heterocycles. The molecule has 0 atom stereocenters. The molecule has 1 fully saturated rings. The molecule has 1 aromatic carbocycles. The van der Waals surface area contributed by atoms with E-state index in [4.69, 9.17) is 5.84 Å². The van der Waals surface area contributed by atoms with Crippen molar-refractivity contribution in [1.82, 2.24) is 4.31 Å². The fourth-order valence-electron chi connectivity index (χ4n) is 2.08. The molecule has 0 unspecified atom stereocenters. The van der Waals surface area contributed by atoms with Crippen LogP contribution in [-0.4, -0.2) is 30.7 Å². The lowest BCUT2D eigenvalue weighted by Gasteiger charge is -2.20. The van der Waals surface area contributed by atoms with E-state index in [2.05, 4.69) is 5.43 Å². The van der Waals surface area contributed by atoms with Crippen LogP contribution in [0.15, 0.2) is 23.1 Å². The Morgan fingerprint density at radius 3 is 2.62 bits per heavy atom. The Labute approximate surface area is 123 Å². The first-order chi connectivity index (χ1) is 9.90. The molecule has 0 radical (unpaired) electrons. The minimum absolute atomic E-state index is 0.0733. The van der Waals surface area contributed by atoms with Gasteiger partial charge < -0.3 is 5.43 Å². The van der Waals surface area contributed by atoms with Crippen LogP contribution in [0.25, 0.3) is 0 Å². The van der Waals surface area contributed by atoms with Gasteiger partial charge in [-0.2, -0.15) is 4.31 Å². The van der Waals surface area contributed by atoms with Crippen molar-refractivity contribution < 1.29 is 13.3 Å². The first-order valence-electron chi connectivity index (χ1n) is 6.65. The lowest BCUT2D eigenvalue weighted by molar-refractivity contribution is -0.384. The molecule has 2 rings (SSSR count). The van der Waals surface area contributed by atoms with Gasteiger partial charge >= 0.3 is 0 Å². The molecular formula is C12H18N4O4S. The molecule has 0 saturated heterocycles. The molecule has 1 aliphatic carbocycles. The van der Waals surface area contributed by atoms with Crippen LogP contribution < -0.4 is 11.3 Å². The largest absolute Gasteiger partial charge is 0.318 e. The second-order valence-corrected chi connectivity index (χ2v) is 6.92. The van der Waals surface area contributed by atoms with Gasteiger partial charge in [0.05, 0.1) is 9.82 Å². The highest BCUT2D eigenvalue weighted by molar-refractivity contribution is 7.89. The quantitative estimate of drug-likeness (QED) is 0.445. The summed E-state index contributed by atoms with van der Waals surface area (Å²) < 4.78 is 26.5. The molecule has 1 saturated carbocycles. The molecule has 0 spiro atoms. The van der Waals surface area contributed by atoms with Crippen molar-refractivity contribution in [1.29, 1.82) is 0 Å². The Morgan fingerprint density at radius 1 is 1.48 bits per heavy atom.